The highest BCUT2D eigenvalue weighted by molar-refractivity contribution is 5.95. The molecule has 0 radical (unpaired) electrons. The highest BCUT2D eigenvalue weighted by Crippen LogP contribution is 2.24. The Labute approximate surface area is 137 Å². The molecular formula is C19H23NO3. The number of benzene rings is 2. The molecule has 122 valence electrons. The van der Waals surface area contributed by atoms with Crippen LogP contribution in [0.3, 0.4) is 0 Å². The number of carbonyl (C=O) groups is 1. The number of ether oxygens (including phenoxy) is 2. The van der Waals surface area contributed by atoms with Crippen molar-refractivity contribution in [1.29, 1.82) is 0 Å². The van der Waals surface area contributed by atoms with Crippen LogP contribution in [0.2, 0.25) is 0 Å². The Bertz CT molecular complexity index is 688. The van der Waals surface area contributed by atoms with E-state index >= 15 is 0 Å². The first-order valence-electron chi connectivity index (χ1n) is 7.55. The van der Waals surface area contributed by atoms with Crippen LogP contribution in [0.25, 0.3) is 0 Å². The third-order valence-corrected chi connectivity index (χ3v) is 3.86. The minimum Gasteiger partial charge on any atom is -0.497 e. The molecular weight excluding hydrogens is 290 g/mol. The second-order valence-electron chi connectivity index (χ2n) is 5.66. The Hall–Kier alpha value is -2.49. The third-order valence-electron chi connectivity index (χ3n) is 3.86. The Morgan fingerprint density at radius 2 is 1.61 bits per heavy atom. The van der Waals surface area contributed by atoms with Gasteiger partial charge in [0, 0.05) is 11.6 Å². The van der Waals surface area contributed by atoms with Gasteiger partial charge >= 0.3 is 0 Å². The first-order chi connectivity index (χ1) is 10.9. The lowest BCUT2D eigenvalue weighted by atomic mass is 9.99. The van der Waals surface area contributed by atoms with E-state index in [9.17, 15) is 4.79 Å². The van der Waals surface area contributed by atoms with Crippen LogP contribution in [0.5, 0.6) is 11.5 Å². The van der Waals surface area contributed by atoms with E-state index in [2.05, 4.69) is 23.5 Å². The lowest BCUT2D eigenvalue weighted by Gasteiger charge is -2.18. The molecule has 1 atom stereocenters. The molecule has 0 spiro atoms. The van der Waals surface area contributed by atoms with E-state index in [4.69, 9.17) is 9.47 Å². The van der Waals surface area contributed by atoms with Crippen molar-refractivity contribution in [3.63, 3.8) is 0 Å². The number of rotatable bonds is 5. The third kappa shape index (κ3) is 4.03. The van der Waals surface area contributed by atoms with Gasteiger partial charge in [0.15, 0.2) is 0 Å². The molecule has 0 aromatic heterocycles. The largest absolute Gasteiger partial charge is 0.497 e. The SMILES string of the molecule is COc1cc(OC)cc(C(=O)N[C@@H](C)c2cc(C)ccc2C)c1. The van der Waals surface area contributed by atoms with Crippen LogP contribution in [0.15, 0.2) is 36.4 Å². The van der Waals surface area contributed by atoms with Crippen LogP contribution < -0.4 is 14.8 Å². The monoisotopic (exact) mass is 313 g/mol. The topological polar surface area (TPSA) is 47.6 Å². The molecule has 1 amide bonds. The van der Waals surface area contributed by atoms with Gasteiger partial charge in [-0.25, -0.2) is 0 Å². The van der Waals surface area contributed by atoms with Gasteiger partial charge in [0.1, 0.15) is 11.5 Å². The maximum Gasteiger partial charge on any atom is 0.252 e. The molecule has 0 unspecified atom stereocenters. The Balaban J connectivity index is 2.23. The number of carbonyl (C=O) groups excluding carboxylic acids is 1. The molecule has 0 bridgehead atoms. The van der Waals surface area contributed by atoms with Crippen LogP contribution in [0.1, 0.15) is 40.0 Å². The minimum atomic E-state index is -0.157. The number of aryl methyl sites for hydroxylation is 2. The van der Waals surface area contributed by atoms with Crippen molar-refractivity contribution in [1.82, 2.24) is 5.32 Å². The molecule has 0 aliphatic rings. The van der Waals surface area contributed by atoms with Crippen molar-refractivity contribution in [2.24, 2.45) is 0 Å². The number of hydrogen-bond acceptors (Lipinski definition) is 3. The summed E-state index contributed by atoms with van der Waals surface area (Å²) in [6, 6.07) is 11.3. The lowest BCUT2D eigenvalue weighted by molar-refractivity contribution is 0.0939. The van der Waals surface area contributed by atoms with Crippen LogP contribution in [0.4, 0.5) is 0 Å². The van der Waals surface area contributed by atoms with E-state index in [0.717, 1.165) is 11.1 Å². The van der Waals surface area contributed by atoms with Gasteiger partial charge in [-0.2, -0.15) is 0 Å². The summed E-state index contributed by atoms with van der Waals surface area (Å²) in [5.74, 6) is 1.03. The fourth-order valence-electron chi connectivity index (χ4n) is 2.52. The fraction of sp³-hybridized carbons (Fsp3) is 0.316. The van der Waals surface area contributed by atoms with Crippen LogP contribution in [0, 0.1) is 13.8 Å². The zero-order chi connectivity index (χ0) is 17.0. The van der Waals surface area contributed by atoms with E-state index in [-0.39, 0.29) is 11.9 Å². The highest BCUT2D eigenvalue weighted by Gasteiger charge is 2.15. The van der Waals surface area contributed by atoms with Gasteiger partial charge in [-0.05, 0) is 44.0 Å². The predicted molar refractivity (Wildman–Crippen MR) is 91.3 cm³/mol. The summed E-state index contributed by atoms with van der Waals surface area (Å²) in [5, 5.41) is 3.03. The lowest BCUT2D eigenvalue weighted by Crippen LogP contribution is -2.27. The van der Waals surface area contributed by atoms with Crippen molar-refractivity contribution in [3.05, 3.63) is 58.7 Å². The van der Waals surface area contributed by atoms with Crippen LogP contribution in [-0.4, -0.2) is 20.1 Å². The zero-order valence-electron chi connectivity index (χ0n) is 14.3. The zero-order valence-corrected chi connectivity index (χ0v) is 14.3. The number of methoxy groups -OCH3 is 2. The van der Waals surface area contributed by atoms with Crippen molar-refractivity contribution in [2.75, 3.05) is 14.2 Å². The summed E-state index contributed by atoms with van der Waals surface area (Å²) in [5.41, 5.74) is 3.97. The molecule has 0 saturated carbocycles. The van der Waals surface area contributed by atoms with Gasteiger partial charge in [0.25, 0.3) is 5.91 Å². The van der Waals surface area contributed by atoms with Crippen molar-refractivity contribution >= 4 is 5.91 Å². The summed E-state index contributed by atoms with van der Waals surface area (Å²) < 4.78 is 10.4. The second kappa shape index (κ2) is 7.18. The van der Waals surface area contributed by atoms with E-state index in [0.29, 0.717) is 17.1 Å². The summed E-state index contributed by atoms with van der Waals surface area (Å²) in [6.07, 6.45) is 0. The van der Waals surface area contributed by atoms with Crippen molar-refractivity contribution in [2.45, 2.75) is 26.8 Å². The molecule has 2 aromatic carbocycles. The molecule has 0 heterocycles. The van der Waals surface area contributed by atoms with Crippen LogP contribution >= 0.6 is 0 Å². The van der Waals surface area contributed by atoms with Crippen LogP contribution in [-0.2, 0) is 0 Å². The maximum atomic E-state index is 12.5. The normalized spacial score (nSPS) is 11.7. The maximum absolute atomic E-state index is 12.5. The van der Waals surface area contributed by atoms with E-state index in [1.807, 2.05) is 20.8 Å². The molecule has 1 N–H and O–H groups in total. The van der Waals surface area contributed by atoms with Gasteiger partial charge in [0.05, 0.1) is 20.3 Å². The molecule has 4 heteroatoms. The van der Waals surface area contributed by atoms with Gasteiger partial charge in [0.2, 0.25) is 0 Å². The number of amides is 1. The van der Waals surface area contributed by atoms with Gasteiger partial charge < -0.3 is 14.8 Å². The average Bonchev–Trinajstić information content (AvgIpc) is 2.56. The smallest absolute Gasteiger partial charge is 0.252 e. The summed E-state index contributed by atoms with van der Waals surface area (Å²) in [6.45, 7) is 6.08. The van der Waals surface area contributed by atoms with E-state index in [1.54, 1.807) is 32.4 Å². The average molecular weight is 313 g/mol. The second-order valence-corrected chi connectivity index (χ2v) is 5.66. The van der Waals surface area contributed by atoms with E-state index in [1.165, 1.54) is 5.56 Å². The molecule has 4 nitrogen and oxygen atoms in total. The minimum absolute atomic E-state index is 0.0837. The quantitative estimate of drug-likeness (QED) is 0.913. The summed E-state index contributed by atoms with van der Waals surface area (Å²) in [4.78, 5) is 12.5. The van der Waals surface area contributed by atoms with Gasteiger partial charge in [-0.3, -0.25) is 4.79 Å². The Morgan fingerprint density at radius 3 is 2.17 bits per heavy atom. The fourth-order valence-corrected chi connectivity index (χ4v) is 2.52. The highest BCUT2D eigenvalue weighted by atomic mass is 16.5. The first kappa shape index (κ1) is 16.9. The Kier molecular flexibility index (Phi) is 5.27. The van der Waals surface area contributed by atoms with E-state index < -0.39 is 0 Å². The molecule has 0 fully saturated rings. The first-order valence-corrected chi connectivity index (χ1v) is 7.55. The standard InChI is InChI=1S/C19H23NO3/c1-12-6-7-13(2)18(8-12)14(3)20-19(21)15-9-16(22-4)11-17(10-15)23-5/h6-11,14H,1-5H3,(H,20,21)/t14-/m0/s1. The molecule has 2 rings (SSSR count). The summed E-state index contributed by atoms with van der Waals surface area (Å²) in [7, 11) is 3.13. The summed E-state index contributed by atoms with van der Waals surface area (Å²) >= 11 is 0. The predicted octanol–water partition coefficient (Wildman–Crippen LogP) is 3.81. The molecule has 0 aliphatic heterocycles. The molecule has 2 aromatic rings. The molecule has 23 heavy (non-hydrogen) atoms. The number of hydrogen-bond donors (Lipinski definition) is 1. The van der Waals surface area contributed by atoms with Crippen molar-refractivity contribution < 1.29 is 14.3 Å². The molecule has 0 aliphatic carbocycles. The van der Waals surface area contributed by atoms with Gasteiger partial charge in [-0.15, -0.1) is 0 Å². The molecule has 0 saturated heterocycles. The van der Waals surface area contributed by atoms with Crippen molar-refractivity contribution in [3.8, 4) is 11.5 Å². The number of nitrogens with one attached hydrogen (secondary N) is 1. The van der Waals surface area contributed by atoms with Gasteiger partial charge in [-0.1, -0.05) is 23.8 Å². The Morgan fingerprint density at radius 1 is 1.00 bits per heavy atom.